The summed E-state index contributed by atoms with van der Waals surface area (Å²) in [6, 6.07) is 8.30. The first-order valence-electron chi connectivity index (χ1n) is 6.18. The second-order valence-electron chi connectivity index (χ2n) is 4.72. The number of aryl methyl sites for hydroxylation is 1. The second kappa shape index (κ2) is 5.69. The van der Waals surface area contributed by atoms with Crippen LogP contribution in [0.5, 0.6) is 0 Å². The third-order valence-corrected chi connectivity index (χ3v) is 2.96. The maximum absolute atomic E-state index is 13.0. The highest BCUT2D eigenvalue weighted by Crippen LogP contribution is 2.21. The van der Waals surface area contributed by atoms with Crippen LogP contribution in [0.25, 0.3) is 0 Å². The number of hydrogen-bond acceptors (Lipinski definition) is 3. The maximum Gasteiger partial charge on any atom is 0.255 e. The molecule has 104 valence electrons. The van der Waals surface area contributed by atoms with E-state index in [4.69, 9.17) is 0 Å². The molecule has 2 aromatic rings. The van der Waals surface area contributed by atoms with Gasteiger partial charge in [0.25, 0.3) is 5.91 Å². The Kier molecular flexibility index (Phi) is 3.98. The summed E-state index contributed by atoms with van der Waals surface area (Å²) >= 11 is 0. The van der Waals surface area contributed by atoms with Crippen LogP contribution in [0.3, 0.4) is 0 Å². The van der Waals surface area contributed by atoms with Crippen molar-refractivity contribution in [1.82, 2.24) is 4.98 Å². The normalized spacial score (nSPS) is 10.2. The van der Waals surface area contributed by atoms with Crippen LogP contribution in [0.2, 0.25) is 0 Å². The second-order valence-corrected chi connectivity index (χ2v) is 4.72. The smallest absolute Gasteiger partial charge is 0.255 e. The molecule has 0 aliphatic rings. The van der Waals surface area contributed by atoms with Gasteiger partial charge < -0.3 is 10.2 Å². The van der Waals surface area contributed by atoms with Gasteiger partial charge in [0.05, 0.1) is 0 Å². The van der Waals surface area contributed by atoms with Gasteiger partial charge in [0.2, 0.25) is 5.95 Å². The summed E-state index contributed by atoms with van der Waals surface area (Å²) in [4.78, 5) is 17.4. The van der Waals surface area contributed by atoms with Crippen molar-refractivity contribution in [2.24, 2.45) is 0 Å². The number of amides is 1. The first-order valence-corrected chi connectivity index (χ1v) is 6.18. The summed E-state index contributed by atoms with van der Waals surface area (Å²) < 4.78 is 13.0. The quantitative estimate of drug-likeness (QED) is 0.875. The van der Waals surface area contributed by atoms with E-state index >= 15 is 0 Å². The molecule has 1 heterocycles. The van der Waals surface area contributed by atoms with Crippen LogP contribution in [0.1, 0.15) is 15.9 Å². The molecule has 0 saturated heterocycles. The fraction of sp³-hybridized carbons (Fsp3) is 0.200. The van der Waals surface area contributed by atoms with Gasteiger partial charge in [-0.2, -0.15) is 4.39 Å². The number of hydrogen-bond donors (Lipinski definition) is 1. The van der Waals surface area contributed by atoms with Crippen LogP contribution in [-0.2, 0) is 0 Å². The van der Waals surface area contributed by atoms with E-state index in [1.165, 1.54) is 12.3 Å². The number of carbonyl (C=O) groups excluding carboxylic acids is 1. The molecule has 20 heavy (non-hydrogen) atoms. The lowest BCUT2D eigenvalue weighted by molar-refractivity contribution is 0.102. The van der Waals surface area contributed by atoms with Crippen molar-refractivity contribution in [2.75, 3.05) is 24.3 Å². The van der Waals surface area contributed by atoms with Gasteiger partial charge in [0, 0.05) is 43.3 Å². The predicted molar refractivity (Wildman–Crippen MR) is 77.7 cm³/mol. The molecule has 0 radical (unpaired) electrons. The highest BCUT2D eigenvalue weighted by Gasteiger charge is 2.09. The molecule has 4 nitrogen and oxygen atoms in total. The molecule has 0 aliphatic carbocycles. The van der Waals surface area contributed by atoms with E-state index in [1.54, 1.807) is 0 Å². The molecular formula is C15H16FN3O. The predicted octanol–water partition coefficient (Wildman–Crippen LogP) is 2.85. The summed E-state index contributed by atoms with van der Waals surface area (Å²) in [5.74, 6) is -1.02. The van der Waals surface area contributed by atoms with Crippen LogP contribution in [0, 0.1) is 12.9 Å². The zero-order valence-corrected chi connectivity index (χ0v) is 11.6. The zero-order valence-electron chi connectivity index (χ0n) is 11.6. The van der Waals surface area contributed by atoms with E-state index in [0.717, 1.165) is 17.3 Å². The van der Waals surface area contributed by atoms with E-state index in [9.17, 15) is 9.18 Å². The van der Waals surface area contributed by atoms with Crippen molar-refractivity contribution in [3.63, 3.8) is 0 Å². The largest absolute Gasteiger partial charge is 0.378 e. The molecular weight excluding hydrogens is 257 g/mol. The van der Waals surface area contributed by atoms with Crippen molar-refractivity contribution in [3.05, 3.63) is 53.6 Å². The Hall–Kier alpha value is -2.43. The van der Waals surface area contributed by atoms with Gasteiger partial charge >= 0.3 is 0 Å². The van der Waals surface area contributed by atoms with Crippen molar-refractivity contribution < 1.29 is 9.18 Å². The van der Waals surface area contributed by atoms with Gasteiger partial charge in [-0.1, -0.05) is 0 Å². The van der Waals surface area contributed by atoms with Gasteiger partial charge in [-0.15, -0.1) is 0 Å². The molecule has 0 bridgehead atoms. The maximum atomic E-state index is 13.0. The number of nitrogens with zero attached hydrogens (tertiary/aromatic N) is 2. The highest BCUT2D eigenvalue weighted by molar-refractivity contribution is 6.04. The van der Waals surface area contributed by atoms with Gasteiger partial charge in [-0.05, 0) is 36.8 Å². The van der Waals surface area contributed by atoms with Crippen LogP contribution in [0.4, 0.5) is 15.8 Å². The van der Waals surface area contributed by atoms with Crippen molar-refractivity contribution in [1.29, 1.82) is 0 Å². The molecule has 2 rings (SSSR count). The van der Waals surface area contributed by atoms with Crippen LogP contribution in [-0.4, -0.2) is 25.0 Å². The van der Waals surface area contributed by atoms with Crippen LogP contribution >= 0.6 is 0 Å². The minimum absolute atomic E-state index is 0.244. The summed E-state index contributed by atoms with van der Waals surface area (Å²) in [6.07, 6.45) is 1.27. The lowest BCUT2D eigenvalue weighted by atomic mass is 10.1. The average molecular weight is 273 g/mol. The molecule has 0 atom stereocenters. The Balaban J connectivity index is 2.20. The number of benzene rings is 1. The highest BCUT2D eigenvalue weighted by atomic mass is 19.1. The molecule has 1 amide bonds. The van der Waals surface area contributed by atoms with E-state index in [1.807, 2.05) is 44.1 Å². The number of rotatable bonds is 3. The lowest BCUT2D eigenvalue weighted by Gasteiger charge is -2.15. The number of aromatic nitrogens is 1. The first-order chi connectivity index (χ1) is 9.47. The Morgan fingerprint density at radius 1 is 1.25 bits per heavy atom. The molecule has 5 heteroatoms. The Bertz CT molecular complexity index is 641. The zero-order chi connectivity index (χ0) is 14.7. The minimum Gasteiger partial charge on any atom is -0.378 e. The Labute approximate surface area is 117 Å². The van der Waals surface area contributed by atoms with E-state index < -0.39 is 5.95 Å². The average Bonchev–Trinajstić information content (AvgIpc) is 2.40. The standard InChI is InChI=1S/C15H16FN3O/c1-10-8-12(19(2)3)4-5-13(10)18-15(20)11-6-7-17-14(16)9-11/h4-9H,1-3H3,(H,18,20). The van der Waals surface area contributed by atoms with Crippen molar-refractivity contribution in [3.8, 4) is 0 Å². The minimum atomic E-state index is -0.669. The number of halogens is 1. The molecule has 0 fully saturated rings. The molecule has 0 aliphatic heterocycles. The van der Waals surface area contributed by atoms with Crippen molar-refractivity contribution >= 4 is 17.3 Å². The van der Waals surface area contributed by atoms with Gasteiger partial charge in [-0.3, -0.25) is 4.79 Å². The fourth-order valence-electron chi connectivity index (χ4n) is 1.80. The van der Waals surface area contributed by atoms with Gasteiger partial charge in [0.1, 0.15) is 0 Å². The molecule has 0 saturated carbocycles. The number of pyridine rings is 1. The number of nitrogens with one attached hydrogen (secondary N) is 1. The van der Waals surface area contributed by atoms with E-state index in [0.29, 0.717) is 5.69 Å². The van der Waals surface area contributed by atoms with Crippen molar-refractivity contribution in [2.45, 2.75) is 6.92 Å². The Morgan fingerprint density at radius 2 is 2.00 bits per heavy atom. The first kappa shape index (κ1) is 14.0. The topological polar surface area (TPSA) is 45.2 Å². The summed E-state index contributed by atoms with van der Waals surface area (Å²) in [7, 11) is 3.90. The molecule has 1 aromatic carbocycles. The SMILES string of the molecule is Cc1cc(N(C)C)ccc1NC(=O)c1ccnc(F)c1. The third-order valence-electron chi connectivity index (χ3n) is 2.96. The van der Waals surface area contributed by atoms with E-state index in [2.05, 4.69) is 10.3 Å². The van der Waals surface area contributed by atoms with Gasteiger partial charge in [0.15, 0.2) is 0 Å². The Morgan fingerprint density at radius 3 is 2.60 bits per heavy atom. The molecule has 0 unspecified atom stereocenters. The van der Waals surface area contributed by atoms with E-state index in [-0.39, 0.29) is 11.5 Å². The number of carbonyl (C=O) groups is 1. The molecule has 1 N–H and O–H groups in total. The van der Waals surface area contributed by atoms with Crippen LogP contribution < -0.4 is 10.2 Å². The molecule has 1 aromatic heterocycles. The number of anilines is 2. The third kappa shape index (κ3) is 3.12. The summed E-state index contributed by atoms with van der Waals surface area (Å²) in [6.45, 7) is 1.91. The summed E-state index contributed by atoms with van der Waals surface area (Å²) in [5.41, 5.74) is 2.95. The lowest BCUT2D eigenvalue weighted by Crippen LogP contribution is -2.14. The summed E-state index contributed by atoms with van der Waals surface area (Å²) in [5, 5.41) is 2.77. The monoisotopic (exact) mass is 273 g/mol. The molecule has 0 spiro atoms. The van der Waals surface area contributed by atoms with Crippen LogP contribution in [0.15, 0.2) is 36.5 Å². The van der Waals surface area contributed by atoms with Gasteiger partial charge in [-0.25, -0.2) is 4.98 Å². The fourth-order valence-corrected chi connectivity index (χ4v) is 1.80.